The summed E-state index contributed by atoms with van der Waals surface area (Å²) in [6.45, 7) is 0. The lowest BCUT2D eigenvalue weighted by Crippen LogP contribution is -2.14. The Morgan fingerprint density at radius 1 is 1.29 bits per heavy atom. The summed E-state index contributed by atoms with van der Waals surface area (Å²) in [7, 11) is 0. The molecule has 0 aliphatic carbocycles. The maximum atomic E-state index is 6.06. The standard InChI is InChI=1S/C10H8ClN9S/c11-6-2-1-3-14-7(6)21-10-17-8(19-12)16-9(18-10)20-5-13-4-15-20/h1-5H,12H2,(H,16,17,18,19). The number of hydrazine groups is 1. The average Bonchev–Trinajstić information content (AvgIpc) is 3.04. The van der Waals surface area contributed by atoms with Gasteiger partial charge in [0.05, 0.1) is 5.02 Å². The molecule has 3 N–H and O–H groups in total. The lowest BCUT2D eigenvalue weighted by Gasteiger charge is -2.06. The lowest BCUT2D eigenvalue weighted by atomic mass is 10.5. The largest absolute Gasteiger partial charge is 0.292 e. The van der Waals surface area contributed by atoms with Crippen LogP contribution in [0.5, 0.6) is 0 Å². The van der Waals surface area contributed by atoms with Crippen molar-refractivity contribution in [2.24, 2.45) is 5.84 Å². The number of rotatable bonds is 4. The second-order valence-electron chi connectivity index (χ2n) is 3.62. The number of nitrogen functional groups attached to an aromatic ring is 1. The summed E-state index contributed by atoms with van der Waals surface area (Å²) in [4.78, 5) is 20.5. The monoisotopic (exact) mass is 321 g/mol. The van der Waals surface area contributed by atoms with E-state index >= 15 is 0 Å². The van der Waals surface area contributed by atoms with Crippen LogP contribution in [0.3, 0.4) is 0 Å². The Morgan fingerprint density at radius 2 is 2.19 bits per heavy atom. The molecule has 3 rings (SSSR count). The first-order chi connectivity index (χ1) is 10.3. The van der Waals surface area contributed by atoms with Crippen molar-refractivity contribution in [3.05, 3.63) is 36.0 Å². The number of aromatic nitrogens is 7. The summed E-state index contributed by atoms with van der Waals surface area (Å²) in [5.41, 5.74) is 2.38. The maximum Gasteiger partial charge on any atom is 0.257 e. The van der Waals surface area contributed by atoms with Gasteiger partial charge < -0.3 is 0 Å². The highest BCUT2D eigenvalue weighted by Crippen LogP contribution is 2.29. The van der Waals surface area contributed by atoms with Gasteiger partial charge in [0.15, 0.2) is 0 Å². The van der Waals surface area contributed by atoms with Crippen molar-refractivity contribution in [2.75, 3.05) is 5.43 Å². The molecule has 0 saturated carbocycles. The predicted molar refractivity (Wildman–Crippen MR) is 75.9 cm³/mol. The first-order valence-corrected chi connectivity index (χ1v) is 6.82. The zero-order chi connectivity index (χ0) is 14.7. The van der Waals surface area contributed by atoms with Crippen molar-refractivity contribution in [1.82, 2.24) is 34.7 Å². The van der Waals surface area contributed by atoms with Crippen LogP contribution in [0.15, 0.2) is 41.2 Å². The van der Waals surface area contributed by atoms with E-state index in [0.717, 1.165) is 0 Å². The second-order valence-corrected chi connectivity index (χ2v) is 4.98. The molecule has 106 valence electrons. The van der Waals surface area contributed by atoms with E-state index in [0.29, 0.717) is 15.2 Å². The van der Waals surface area contributed by atoms with E-state index in [2.05, 4.69) is 35.4 Å². The molecule has 0 aliphatic heterocycles. The first-order valence-electron chi connectivity index (χ1n) is 5.62. The molecule has 0 bridgehead atoms. The Hall–Kier alpha value is -2.30. The zero-order valence-electron chi connectivity index (χ0n) is 10.4. The lowest BCUT2D eigenvalue weighted by molar-refractivity contribution is 0.759. The number of nitrogens with one attached hydrogen (secondary N) is 1. The van der Waals surface area contributed by atoms with E-state index in [1.807, 2.05) is 0 Å². The van der Waals surface area contributed by atoms with E-state index in [-0.39, 0.29) is 11.9 Å². The number of nitrogens with zero attached hydrogens (tertiary/aromatic N) is 7. The summed E-state index contributed by atoms with van der Waals surface area (Å²) in [6, 6.07) is 3.48. The number of hydrogen-bond donors (Lipinski definition) is 2. The smallest absolute Gasteiger partial charge is 0.257 e. The first kappa shape index (κ1) is 13.7. The Morgan fingerprint density at radius 3 is 2.90 bits per heavy atom. The SMILES string of the molecule is NNc1nc(Sc2ncccc2Cl)nc(-n2cncn2)n1. The topological polar surface area (TPSA) is 120 Å². The molecule has 0 spiro atoms. The Kier molecular flexibility index (Phi) is 3.90. The third-order valence-electron chi connectivity index (χ3n) is 2.27. The molecule has 0 saturated heterocycles. The average molecular weight is 322 g/mol. The van der Waals surface area contributed by atoms with Gasteiger partial charge in [0.1, 0.15) is 17.7 Å². The fraction of sp³-hybridized carbons (Fsp3) is 0. The van der Waals surface area contributed by atoms with Crippen molar-refractivity contribution in [3.63, 3.8) is 0 Å². The molecule has 0 radical (unpaired) electrons. The fourth-order valence-electron chi connectivity index (χ4n) is 1.40. The van der Waals surface area contributed by atoms with Crippen LogP contribution in [-0.2, 0) is 0 Å². The van der Waals surface area contributed by atoms with Gasteiger partial charge in [-0.3, -0.25) is 5.43 Å². The van der Waals surface area contributed by atoms with Crippen LogP contribution in [0.2, 0.25) is 5.02 Å². The number of anilines is 1. The van der Waals surface area contributed by atoms with Crippen LogP contribution in [0.4, 0.5) is 5.95 Å². The van der Waals surface area contributed by atoms with Crippen molar-refractivity contribution in [3.8, 4) is 5.95 Å². The minimum Gasteiger partial charge on any atom is -0.292 e. The Balaban J connectivity index is 1.99. The number of nitrogens with two attached hydrogens (primary N) is 1. The molecule has 0 fully saturated rings. The molecule has 21 heavy (non-hydrogen) atoms. The van der Waals surface area contributed by atoms with Crippen LogP contribution >= 0.6 is 23.4 Å². The summed E-state index contributed by atoms with van der Waals surface area (Å²) in [5, 5.41) is 5.43. The number of hydrogen-bond acceptors (Lipinski definition) is 9. The maximum absolute atomic E-state index is 6.06. The number of pyridine rings is 1. The van der Waals surface area contributed by atoms with Gasteiger partial charge in [-0.15, -0.1) is 0 Å². The van der Waals surface area contributed by atoms with E-state index in [1.54, 1.807) is 18.3 Å². The zero-order valence-corrected chi connectivity index (χ0v) is 12.0. The van der Waals surface area contributed by atoms with Gasteiger partial charge in [-0.1, -0.05) is 11.6 Å². The molecule has 3 heterocycles. The molecule has 0 aromatic carbocycles. The molecule has 0 unspecified atom stereocenters. The van der Waals surface area contributed by atoms with Gasteiger partial charge in [-0.05, 0) is 23.9 Å². The van der Waals surface area contributed by atoms with Crippen LogP contribution < -0.4 is 11.3 Å². The van der Waals surface area contributed by atoms with E-state index < -0.39 is 0 Å². The van der Waals surface area contributed by atoms with E-state index in [4.69, 9.17) is 17.4 Å². The Bertz CT molecular complexity index is 748. The minimum absolute atomic E-state index is 0.199. The molecular weight excluding hydrogens is 314 g/mol. The highest BCUT2D eigenvalue weighted by molar-refractivity contribution is 7.99. The normalized spacial score (nSPS) is 10.6. The molecule has 9 nitrogen and oxygen atoms in total. The third kappa shape index (κ3) is 3.07. The van der Waals surface area contributed by atoms with Crippen molar-refractivity contribution in [2.45, 2.75) is 10.2 Å². The van der Waals surface area contributed by atoms with E-state index in [9.17, 15) is 0 Å². The molecule has 3 aromatic heterocycles. The third-order valence-corrected chi connectivity index (χ3v) is 3.57. The van der Waals surface area contributed by atoms with E-state index in [1.165, 1.54) is 29.1 Å². The van der Waals surface area contributed by atoms with Crippen molar-refractivity contribution < 1.29 is 0 Å². The van der Waals surface area contributed by atoms with Gasteiger partial charge >= 0.3 is 0 Å². The summed E-state index contributed by atoms with van der Waals surface area (Å²) >= 11 is 7.26. The second kappa shape index (κ2) is 5.99. The summed E-state index contributed by atoms with van der Waals surface area (Å²) < 4.78 is 1.40. The summed E-state index contributed by atoms with van der Waals surface area (Å²) in [6.07, 6.45) is 4.48. The summed E-state index contributed by atoms with van der Waals surface area (Å²) in [5.74, 6) is 5.85. The highest BCUT2D eigenvalue weighted by atomic mass is 35.5. The van der Waals surface area contributed by atoms with Crippen molar-refractivity contribution >= 4 is 29.3 Å². The molecule has 0 aliphatic rings. The minimum atomic E-state index is 0.199. The molecule has 3 aromatic rings. The van der Waals surface area contributed by atoms with Gasteiger partial charge in [0.25, 0.3) is 5.95 Å². The molecule has 11 heteroatoms. The fourth-order valence-corrected chi connectivity index (χ4v) is 2.35. The quantitative estimate of drug-likeness (QED) is 0.534. The van der Waals surface area contributed by atoms with Crippen LogP contribution in [0, 0.1) is 0 Å². The van der Waals surface area contributed by atoms with Gasteiger partial charge in [-0.25, -0.2) is 15.8 Å². The van der Waals surface area contributed by atoms with Crippen LogP contribution in [-0.4, -0.2) is 34.7 Å². The Labute approximate surface area is 128 Å². The molecule has 0 amide bonds. The van der Waals surface area contributed by atoms with Crippen LogP contribution in [0.25, 0.3) is 5.95 Å². The number of halogens is 1. The van der Waals surface area contributed by atoms with Gasteiger partial charge in [0.2, 0.25) is 11.1 Å². The predicted octanol–water partition coefficient (Wildman–Crippen LogP) is 0.938. The van der Waals surface area contributed by atoms with Crippen molar-refractivity contribution in [1.29, 1.82) is 0 Å². The highest BCUT2D eigenvalue weighted by Gasteiger charge is 2.11. The van der Waals surface area contributed by atoms with Gasteiger partial charge in [0, 0.05) is 6.20 Å². The molecular formula is C10H8ClN9S. The molecule has 0 atom stereocenters. The van der Waals surface area contributed by atoms with Gasteiger partial charge in [-0.2, -0.15) is 24.7 Å². The van der Waals surface area contributed by atoms with Crippen LogP contribution in [0.1, 0.15) is 0 Å².